The third-order valence-corrected chi connectivity index (χ3v) is 5.05. The zero-order valence-electron chi connectivity index (χ0n) is 16.8. The van der Waals surface area contributed by atoms with Crippen LogP contribution in [0.15, 0.2) is 63.5 Å². The van der Waals surface area contributed by atoms with Gasteiger partial charge in [-0.3, -0.25) is 18.7 Å². The number of fused-ring (bicyclic) bond motifs is 2. The van der Waals surface area contributed by atoms with Crippen LogP contribution in [0, 0.1) is 0 Å². The highest BCUT2D eigenvalue weighted by molar-refractivity contribution is 6.02. The lowest BCUT2D eigenvalue weighted by atomic mass is 10.0. The molecule has 0 saturated carbocycles. The summed E-state index contributed by atoms with van der Waals surface area (Å²) in [5.41, 5.74) is 3.50. The average Bonchev–Trinajstić information content (AvgIpc) is 3.17. The molecule has 9 heteroatoms. The SMILES string of the molecule is C/C(=N/NC(=O)Cn1cnc2c1c(=O)n(C)c(=O)n2C)c1ccc2ccccc2c1. The lowest BCUT2D eigenvalue weighted by molar-refractivity contribution is -0.121. The van der Waals surface area contributed by atoms with Crippen LogP contribution in [0.3, 0.4) is 0 Å². The quantitative estimate of drug-likeness (QED) is 0.407. The number of imidazole rings is 1. The Morgan fingerprint density at radius 2 is 1.80 bits per heavy atom. The van der Waals surface area contributed by atoms with Crippen molar-refractivity contribution in [2.75, 3.05) is 0 Å². The van der Waals surface area contributed by atoms with Crippen molar-refractivity contribution in [3.8, 4) is 0 Å². The zero-order valence-corrected chi connectivity index (χ0v) is 16.8. The van der Waals surface area contributed by atoms with Gasteiger partial charge in [0.05, 0.1) is 12.0 Å². The van der Waals surface area contributed by atoms with E-state index in [-0.39, 0.29) is 17.7 Å². The number of aromatic nitrogens is 4. The van der Waals surface area contributed by atoms with Crippen LogP contribution in [0.25, 0.3) is 21.9 Å². The molecule has 0 fully saturated rings. The Bertz CT molecular complexity index is 1440. The van der Waals surface area contributed by atoms with Gasteiger partial charge in [-0.15, -0.1) is 0 Å². The first-order chi connectivity index (χ1) is 14.4. The van der Waals surface area contributed by atoms with Crippen molar-refractivity contribution >= 4 is 33.6 Å². The molecule has 0 saturated heterocycles. The smallest absolute Gasteiger partial charge is 0.315 e. The van der Waals surface area contributed by atoms with E-state index in [1.54, 1.807) is 0 Å². The monoisotopic (exact) mass is 404 g/mol. The largest absolute Gasteiger partial charge is 0.332 e. The molecule has 0 radical (unpaired) electrons. The summed E-state index contributed by atoms with van der Waals surface area (Å²) in [6, 6.07) is 14.0. The highest BCUT2D eigenvalue weighted by atomic mass is 16.2. The summed E-state index contributed by atoms with van der Waals surface area (Å²) in [4.78, 5) is 41.0. The van der Waals surface area contributed by atoms with E-state index in [2.05, 4.69) is 15.5 Å². The molecule has 2 aromatic heterocycles. The Kier molecular flexibility index (Phi) is 4.78. The molecule has 2 aromatic carbocycles. The highest BCUT2D eigenvalue weighted by Crippen LogP contribution is 2.16. The molecule has 4 rings (SSSR count). The van der Waals surface area contributed by atoms with E-state index in [1.165, 1.54) is 29.6 Å². The minimum atomic E-state index is -0.505. The number of nitrogens with zero attached hydrogens (tertiary/aromatic N) is 5. The lowest BCUT2D eigenvalue weighted by Gasteiger charge is -2.07. The van der Waals surface area contributed by atoms with E-state index >= 15 is 0 Å². The van der Waals surface area contributed by atoms with E-state index in [1.807, 2.05) is 49.4 Å². The fourth-order valence-electron chi connectivity index (χ4n) is 3.33. The number of carbonyl (C=O) groups excluding carboxylic acids is 1. The second-order valence-corrected chi connectivity index (χ2v) is 7.04. The van der Waals surface area contributed by atoms with Crippen molar-refractivity contribution in [1.29, 1.82) is 0 Å². The van der Waals surface area contributed by atoms with Crippen molar-refractivity contribution < 1.29 is 4.79 Å². The molecule has 0 aliphatic rings. The molecule has 0 atom stereocenters. The van der Waals surface area contributed by atoms with Crippen LogP contribution in [0.2, 0.25) is 0 Å². The Morgan fingerprint density at radius 1 is 1.07 bits per heavy atom. The first-order valence-electron chi connectivity index (χ1n) is 9.30. The maximum atomic E-state index is 12.5. The van der Waals surface area contributed by atoms with Gasteiger partial charge in [0.2, 0.25) is 0 Å². The molecule has 30 heavy (non-hydrogen) atoms. The van der Waals surface area contributed by atoms with Crippen LogP contribution in [0.4, 0.5) is 0 Å². The van der Waals surface area contributed by atoms with E-state index in [4.69, 9.17) is 0 Å². The molecule has 1 amide bonds. The number of rotatable bonds is 4. The fourth-order valence-corrected chi connectivity index (χ4v) is 3.33. The van der Waals surface area contributed by atoms with Gasteiger partial charge in [0.25, 0.3) is 11.5 Å². The zero-order chi connectivity index (χ0) is 21.4. The number of hydrogen-bond donors (Lipinski definition) is 1. The first kappa shape index (κ1) is 19.3. The molecule has 0 bridgehead atoms. The second kappa shape index (κ2) is 7.43. The minimum Gasteiger partial charge on any atom is -0.315 e. The van der Waals surface area contributed by atoms with Crippen LogP contribution in [-0.4, -0.2) is 30.3 Å². The number of carbonyl (C=O) groups is 1. The van der Waals surface area contributed by atoms with Gasteiger partial charge < -0.3 is 4.57 Å². The standard InChI is InChI=1S/C21H20N6O3/c1-13(15-9-8-14-6-4-5-7-16(14)10-15)23-24-17(28)11-27-12-22-19-18(27)20(29)26(3)21(30)25(19)2/h4-10,12H,11H2,1-3H3,(H,24,28)/b23-13-. The summed E-state index contributed by atoms with van der Waals surface area (Å²) in [5.74, 6) is -0.412. The Balaban J connectivity index is 1.56. The minimum absolute atomic E-state index is 0.154. The maximum absolute atomic E-state index is 12.5. The Morgan fingerprint density at radius 3 is 2.57 bits per heavy atom. The van der Waals surface area contributed by atoms with E-state index < -0.39 is 17.2 Å². The van der Waals surface area contributed by atoms with Crippen LogP contribution < -0.4 is 16.7 Å². The summed E-state index contributed by atoms with van der Waals surface area (Å²) in [6.07, 6.45) is 1.37. The van der Waals surface area contributed by atoms with Crippen LogP contribution >= 0.6 is 0 Å². The van der Waals surface area contributed by atoms with Gasteiger partial charge >= 0.3 is 5.69 Å². The molecule has 2 heterocycles. The summed E-state index contributed by atoms with van der Waals surface area (Å²) in [6.45, 7) is 1.65. The predicted molar refractivity (Wildman–Crippen MR) is 115 cm³/mol. The first-order valence-corrected chi connectivity index (χ1v) is 9.30. The van der Waals surface area contributed by atoms with E-state index in [9.17, 15) is 14.4 Å². The number of nitrogens with one attached hydrogen (secondary N) is 1. The van der Waals surface area contributed by atoms with E-state index in [0.717, 1.165) is 20.9 Å². The van der Waals surface area contributed by atoms with Gasteiger partial charge in [-0.2, -0.15) is 5.10 Å². The molecule has 152 valence electrons. The van der Waals surface area contributed by atoms with Gasteiger partial charge in [-0.1, -0.05) is 36.4 Å². The lowest BCUT2D eigenvalue weighted by Crippen LogP contribution is -2.38. The number of aryl methyl sites for hydroxylation is 1. The molecule has 0 aliphatic heterocycles. The Labute approximate surface area is 170 Å². The highest BCUT2D eigenvalue weighted by Gasteiger charge is 2.15. The summed E-state index contributed by atoms with van der Waals surface area (Å²) in [5, 5.41) is 6.39. The van der Waals surface area contributed by atoms with Crippen molar-refractivity contribution in [3.63, 3.8) is 0 Å². The van der Waals surface area contributed by atoms with Gasteiger partial charge in [0, 0.05) is 14.1 Å². The van der Waals surface area contributed by atoms with Gasteiger partial charge in [-0.25, -0.2) is 15.2 Å². The summed E-state index contributed by atoms with van der Waals surface area (Å²) in [7, 11) is 2.91. The van der Waals surface area contributed by atoms with Crippen molar-refractivity contribution in [2.24, 2.45) is 19.2 Å². The normalized spacial score (nSPS) is 11.9. The summed E-state index contributed by atoms with van der Waals surface area (Å²) >= 11 is 0. The topological polar surface area (TPSA) is 103 Å². The molecular weight excluding hydrogens is 384 g/mol. The fraction of sp³-hybridized carbons (Fsp3) is 0.190. The van der Waals surface area contributed by atoms with Crippen molar-refractivity contribution in [1.82, 2.24) is 24.1 Å². The van der Waals surface area contributed by atoms with Crippen molar-refractivity contribution in [3.05, 3.63) is 75.2 Å². The third-order valence-electron chi connectivity index (χ3n) is 5.05. The molecule has 9 nitrogen and oxygen atoms in total. The summed E-state index contributed by atoms with van der Waals surface area (Å²) < 4.78 is 3.67. The molecule has 0 spiro atoms. The molecular formula is C21H20N6O3. The molecule has 0 unspecified atom stereocenters. The number of amides is 1. The second-order valence-electron chi connectivity index (χ2n) is 7.04. The molecule has 1 N–H and O–H groups in total. The van der Waals surface area contributed by atoms with Crippen LogP contribution in [0.1, 0.15) is 12.5 Å². The van der Waals surface area contributed by atoms with E-state index in [0.29, 0.717) is 5.71 Å². The van der Waals surface area contributed by atoms with Crippen molar-refractivity contribution in [2.45, 2.75) is 13.5 Å². The predicted octanol–water partition coefficient (Wildman–Crippen LogP) is 1.13. The van der Waals surface area contributed by atoms with Gasteiger partial charge in [0.15, 0.2) is 11.2 Å². The van der Waals surface area contributed by atoms with Crippen LogP contribution in [0.5, 0.6) is 0 Å². The van der Waals surface area contributed by atoms with Gasteiger partial charge in [0.1, 0.15) is 6.54 Å². The Hall–Kier alpha value is -4.01. The number of benzene rings is 2. The number of hydrogen-bond acceptors (Lipinski definition) is 5. The average molecular weight is 404 g/mol. The molecule has 4 aromatic rings. The van der Waals surface area contributed by atoms with Crippen LogP contribution in [-0.2, 0) is 25.4 Å². The molecule has 0 aliphatic carbocycles. The third kappa shape index (κ3) is 3.30. The maximum Gasteiger partial charge on any atom is 0.332 e. The van der Waals surface area contributed by atoms with Gasteiger partial charge in [-0.05, 0) is 29.3 Å². The number of hydrazone groups is 1.